The van der Waals surface area contributed by atoms with E-state index in [0.717, 1.165) is 13.1 Å². The number of allylic oxidation sites excluding steroid dienone is 1. The molecule has 2 aliphatic rings. The third-order valence-corrected chi connectivity index (χ3v) is 7.66. The molecule has 27 heavy (non-hydrogen) atoms. The fraction of sp³-hybridized carbons (Fsp3) is 0.261. The number of likely N-dealkylation sites (N-methyl/N-ethyl adjacent to an activating group) is 1. The maximum atomic E-state index is 2.51. The smallest absolute Gasteiger partial charge is 0.264 e. The number of thiazole rings is 1. The van der Waals surface area contributed by atoms with Gasteiger partial charge in [0.15, 0.2) is 0 Å². The Morgan fingerprint density at radius 2 is 1.93 bits per heavy atom. The SMILES string of the molecule is CCN1/C(=C/c2sc3c([n+]2CC)-c2ccsc2CC3)C=Cc2ccccc21. The summed E-state index contributed by atoms with van der Waals surface area (Å²) in [6.45, 7) is 6.47. The molecule has 0 saturated heterocycles. The minimum Gasteiger partial charge on any atom is -0.341 e. The van der Waals surface area contributed by atoms with E-state index in [1.807, 2.05) is 22.7 Å². The van der Waals surface area contributed by atoms with Crippen LogP contribution in [0.5, 0.6) is 0 Å². The fourth-order valence-electron chi connectivity index (χ4n) is 4.23. The third kappa shape index (κ3) is 2.70. The van der Waals surface area contributed by atoms with Gasteiger partial charge in [-0.25, -0.2) is 0 Å². The molecule has 136 valence electrons. The predicted octanol–water partition coefficient (Wildman–Crippen LogP) is 5.78. The number of aromatic nitrogens is 1. The summed E-state index contributed by atoms with van der Waals surface area (Å²) in [5, 5.41) is 3.61. The maximum absolute atomic E-state index is 2.51. The van der Waals surface area contributed by atoms with Gasteiger partial charge in [0.2, 0.25) is 5.69 Å². The van der Waals surface area contributed by atoms with E-state index in [1.54, 1.807) is 4.88 Å². The molecular weight excluding hydrogens is 368 g/mol. The van der Waals surface area contributed by atoms with Gasteiger partial charge in [-0.1, -0.05) is 35.6 Å². The first-order valence-corrected chi connectivity index (χ1v) is 11.4. The molecule has 2 nitrogen and oxygen atoms in total. The van der Waals surface area contributed by atoms with Gasteiger partial charge in [-0.15, -0.1) is 11.3 Å². The van der Waals surface area contributed by atoms with Crippen molar-refractivity contribution in [1.82, 2.24) is 0 Å². The molecule has 0 bridgehead atoms. The van der Waals surface area contributed by atoms with Crippen LogP contribution >= 0.6 is 22.7 Å². The molecular formula is C23H23N2S2+. The highest BCUT2D eigenvalue weighted by Crippen LogP contribution is 2.39. The van der Waals surface area contributed by atoms with Crippen molar-refractivity contribution in [3.05, 3.63) is 67.8 Å². The number of hydrogen-bond acceptors (Lipinski definition) is 3. The van der Waals surface area contributed by atoms with E-state index < -0.39 is 0 Å². The summed E-state index contributed by atoms with van der Waals surface area (Å²) in [7, 11) is 0. The van der Waals surface area contributed by atoms with Gasteiger partial charge in [0.1, 0.15) is 6.54 Å². The molecule has 0 unspecified atom stereocenters. The first-order chi connectivity index (χ1) is 13.3. The molecule has 3 heterocycles. The van der Waals surface area contributed by atoms with Gasteiger partial charge in [0.05, 0.1) is 10.4 Å². The minimum atomic E-state index is 0.971. The van der Waals surface area contributed by atoms with E-state index in [2.05, 4.69) is 77.3 Å². The van der Waals surface area contributed by atoms with E-state index in [1.165, 1.54) is 50.9 Å². The summed E-state index contributed by atoms with van der Waals surface area (Å²) in [5.41, 5.74) is 6.80. The molecule has 0 radical (unpaired) electrons. The highest BCUT2D eigenvalue weighted by molar-refractivity contribution is 7.13. The number of hydrogen-bond donors (Lipinski definition) is 0. The van der Waals surface area contributed by atoms with Crippen molar-refractivity contribution in [2.75, 3.05) is 11.4 Å². The second kappa shape index (κ2) is 6.77. The second-order valence-corrected chi connectivity index (χ2v) is 9.04. The summed E-state index contributed by atoms with van der Waals surface area (Å²) < 4.78 is 2.51. The molecule has 5 rings (SSSR count). The van der Waals surface area contributed by atoms with Crippen molar-refractivity contribution in [3.8, 4) is 11.3 Å². The van der Waals surface area contributed by atoms with Crippen LogP contribution < -0.4 is 9.47 Å². The van der Waals surface area contributed by atoms with Gasteiger partial charge in [-0.05, 0) is 55.8 Å². The van der Waals surface area contributed by atoms with Crippen LogP contribution in [0.3, 0.4) is 0 Å². The molecule has 1 aliphatic carbocycles. The number of thiophene rings is 1. The number of fused-ring (bicyclic) bond motifs is 4. The zero-order valence-electron chi connectivity index (χ0n) is 15.7. The van der Waals surface area contributed by atoms with Gasteiger partial charge in [0.25, 0.3) is 5.01 Å². The average Bonchev–Trinajstić information content (AvgIpc) is 3.31. The Balaban J connectivity index is 1.63. The Hall–Kier alpha value is -2.17. The summed E-state index contributed by atoms with van der Waals surface area (Å²) in [4.78, 5) is 5.51. The van der Waals surface area contributed by atoms with E-state index >= 15 is 0 Å². The normalized spacial score (nSPS) is 16.4. The Labute approximate surface area is 168 Å². The summed E-state index contributed by atoms with van der Waals surface area (Å²) in [5.74, 6) is 0. The van der Waals surface area contributed by atoms with Crippen LogP contribution in [0.4, 0.5) is 5.69 Å². The Bertz CT molecular complexity index is 1070. The summed E-state index contributed by atoms with van der Waals surface area (Å²) >= 11 is 3.88. The third-order valence-electron chi connectivity index (χ3n) is 5.48. The topological polar surface area (TPSA) is 7.12 Å². The first-order valence-electron chi connectivity index (χ1n) is 9.68. The maximum Gasteiger partial charge on any atom is 0.264 e. The Morgan fingerprint density at radius 3 is 2.78 bits per heavy atom. The number of aryl methyl sites for hydroxylation is 2. The van der Waals surface area contributed by atoms with Gasteiger partial charge in [-0.2, -0.15) is 4.57 Å². The molecule has 0 fully saturated rings. The zero-order chi connectivity index (χ0) is 18.4. The van der Waals surface area contributed by atoms with Crippen molar-refractivity contribution >= 4 is 40.5 Å². The van der Waals surface area contributed by atoms with Gasteiger partial charge in [-0.3, -0.25) is 0 Å². The second-order valence-electron chi connectivity index (χ2n) is 6.92. The van der Waals surface area contributed by atoms with Crippen LogP contribution in [-0.4, -0.2) is 6.54 Å². The lowest BCUT2D eigenvalue weighted by Crippen LogP contribution is -2.36. The van der Waals surface area contributed by atoms with E-state index in [0.29, 0.717) is 0 Å². The molecule has 4 heteroatoms. The number of anilines is 1. The van der Waals surface area contributed by atoms with Crippen LogP contribution in [0.15, 0.2) is 47.5 Å². The van der Waals surface area contributed by atoms with Crippen LogP contribution in [0.2, 0.25) is 0 Å². The van der Waals surface area contributed by atoms with Gasteiger partial charge in [0, 0.05) is 28.9 Å². The van der Waals surface area contributed by atoms with Crippen molar-refractivity contribution in [2.24, 2.45) is 0 Å². The number of rotatable bonds is 3. The molecule has 0 amide bonds. The molecule has 0 atom stereocenters. The lowest BCUT2D eigenvalue weighted by atomic mass is 10.0. The highest BCUT2D eigenvalue weighted by Gasteiger charge is 2.31. The van der Waals surface area contributed by atoms with Crippen LogP contribution in [-0.2, 0) is 19.4 Å². The van der Waals surface area contributed by atoms with Crippen molar-refractivity contribution in [3.63, 3.8) is 0 Å². The predicted molar refractivity (Wildman–Crippen MR) is 117 cm³/mol. The molecule has 2 aromatic heterocycles. The van der Waals surface area contributed by atoms with E-state index in [-0.39, 0.29) is 0 Å². The lowest BCUT2D eigenvalue weighted by Gasteiger charge is -2.28. The van der Waals surface area contributed by atoms with Crippen LogP contribution in [0.1, 0.15) is 34.2 Å². The van der Waals surface area contributed by atoms with Gasteiger partial charge >= 0.3 is 0 Å². The van der Waals surface area contributed by atoms with Crippen molar-refractivity contribution < 1.29 is 4.57 Å². The monoisotopic (exact) mass is 391 g/mol. The lowest BCUT2D eigenvalue weighted by molar-refractivity contribution is -0.680. The molecule has 0 N–H and O–H groups in total. The fourth-order valence-corrected chi connectivity index (χ4v) is 6.40. The standard InChI is InChI=1S/C23H23N2S2/c1-3-24-17(10-9-16-7-5-6-8-19(16)24)15-22-25(4-2)23-18-13-14-26-20(18)11-12-21(23)27-22/h5-10,13-15H,3-4,11-12H2,1-2H3/q+1. The summed E-state index contributed by atoms with van der Waals surface area (Å²) in [6, 6.07) is 11.0. The van der Waals surface area contributed by atoms with E-state index in [4.69, 9.17) is 0 Å². The van der Waals surface area contributed by atoms with Crippen molar-refractivity contribution in [2.45, 2.75) is 33.2 Å². The Kier molecular flexibility index (Phi) is 4.25. The summed E-state index contributed by atoms with van der Waals surface area (Å²) in [6.07, 6.45) is 9.25. The number of para-hydroxylation sites is 1. The largest absolute Gasteiger partial charge is 0.341 e. The van der Waals surface area contributed by atoms with Crippen molar-refractivity contribution in [1.29, 1.82) is 0 Å². The molecule has 3 aromatic rings. The highest BCUT2D eigenvalue weighted by atomic mass is 32.1. The molecule has 1 aliphatic heterocycles. The zero-order valence-corrected chi connectivity index (χ0v) is 17.4. The minimum absolute atomic E-state index is 0.971. The number of nitrogens with zero attached hydrogens (tertiary/aromatic N) is 2. The Morgan fingerprint density at radius 1 is 1.07 bits per heavy atom. The molecule has 0 saturated carbocycles. The quantitative estimate of drug-likeness (QED) is 0.514. The van der Waals surface area contributed by atoms with E-state index in [9.17, 15) is 0 Å². The molecule has 1 aromatic carbocycles. The number of benzene rings is 1. The average molecular weight is 392 g/mol. The molecule has 0 spiro atoms. The van der Waals surface area contributed by atoms with Gasteiger partial charge < -0.3 is 4.90 Å². The first kappa shape index (κ1) is 17.0. The van der Waals surface area contributed by atoms with Crippen LogP contribution in [0.25, 0.3) is 23.4 Å². The van der Waals surface area contributed by atoms with Crippen LogP contribution in [0, 0.1) is 0 Å².